The maximum absolute atomic E-state index is 12.7. The summed E-state index contributed by atoms with van der Waals surface area (Å²) in [4.78, 5) is 37.6. The Kier molecular flexibility index (Phi) is 6.91. The van der Waals surface area contributed by atoms with Crippen molar-refractivity contribution < 1.29 is 14.3 Å². The second-order valence-corrected chi connectivity index (χ2v) is 7.37. The molecule has 1 fully saturated rings. The van der Waals surface area contributed by atoms with Gasteiger partial charge in [0.25, 0.3) is 11.8 Å². The van der Waals surface area contributed by atoms with Crippen molar-refractivity contribution in [1.29, 1.82) is 0 Å². The Balaban J connectivity index is 1.29. The highest BCUT2D eigenvalue weighted by atomic mass is 16.5. The summed E-state index contributed by atoms with van der Waals surface area (Å²) in [6.45, 7) is 2.76. The average molecular weight is 431 g/mol. The summed E-state index contributed by atoms with van der Waals surface area (Å²) in [6.07, 6.45) is 3.42. The van der Waals surface area contributed by atoms with Gasteiger partial charge in [0.2, 0.25) is 5.95 Å². The lowest BCUT2D eigenvalue weighted by atomic mass is 10.1. The highest BCUT2D eigenvalue weighted by Gasteiger charge is 2.23. The van der Waals surface area contributed by atoms with E-state index in [2.05, 4.69) is 20.2 Å². The maximum Gasteiger partial charge on any atom is 0.260 e. The van der Waals surface area contributed by atoms with Crippen molar-refractivity contribution in [1.82, 2.24) is 20.2 Å². The number of nitrogens with zero attached hydrogens (tertiary/aromatic N) is 4. The zero-order valence-corrected chi connectivity index (χ0v) is 17.7. The van der Waals surface area contributed by atoms with Crippen molar-refractivity contribution in [3.8, 4) is 5.75 Å². The third kappa shape index (κ3) is 5.40. The smallest absolute Gasteiger partial charge is 0.260 e. The first-order chi connectivity index (χ1) is 15.7. The topological polar surface area (TPSA) is 87.7 Å². The number of carbonyl (C=O) groups is 2. The molecule has 2 amide bonds. The summed E-state index contributed by atoms with van der Waals surface area (Å²) in [7, 11) is 0. The number of rotatable bonds is 7. The SMILES string of the molecule is O=C(NCc1ccccc1)c1ccccc1OCC(=O)N1CCN(c2ncccn2)CC1. The van der Waals surface area contributed by atoms with Crippen LogP contribution in [0.1, 0.15) is 15.9 Å². The van der Waals surface area contributed by atoms with Gasteiger partial charge in [-0.15, -0.1) is 0 Å². The number of hydrogen-bond donors (Lipinski definition) is 1. The second kappa shape index (κ2) is 10.4. The third-order valence-corrected chi connectivity index (χ3v) is 5.25. The van der Waals surface area contributed by atoms with Gasteiger partial charge in [-0.3, -0.25) is 9.59 Å². The number of carbonyl (C=O) groups excluding carboxylic acids is 2. The molecule has 8 heteroatoms. The normalized spacial score (nSPS) is 13.5. The molecule has 0 atom stereocenters. The van der Waals surface area contributed by atoms with E-state index in [0.29, 0.717) is 50.0 Å². The van der Waals surface area contributed by atoms with Crippen molar-refractivity contribution in [2.45, 2.75) is 6.54 Å². The van der Waals surface area contributed by atoms with Crippen LogP contribution in [-0.2, 0) is 11.3 Å². The number of hydrogen-bond acceptors (Lipinski definition) is 6. The molecule has 1 aliphatic heterocycles. The quantitative estimate of drug-likeness (QED) is 0.617. The largest absolute Gasteiger partial charge is 0.483 e. The van der Waals surface area contributed by atoms with E-state index in [-0.39, 0.29) is 18.4 Å². The predicted octanol–water partition coefficient (Wildman–Crippen LogP) is 2.13. The molecule has 0 radical (unpaired) electrons. The molecule has 1 saturated heterocycles. The summed E-state index contributed by atoms with van der Waals surface area (Å²) in [5.41, 5.74) is 1.41. The van der Waals surface area contributed by atoms with E-state index in [1.165, 1.54) is 0 Å². The number of anilines is 1. The van der Waals surface area contributed by atoms with E-state index in [9.17, 15) is 9.59 Å². The molecule has 0 spiro atoms. The standard InChI is InChI=1S/C24H25N5O3/c30-22(28-13-15-29(16-14-28)24-25-11-6-12-26-24)18-32-21-10-5-4-9-20(21)23(31)27-17-19-7-2-1-3-8-19/h1-12H,13-18H2,(H,27,31). The molecule has 0 aliphatic carbocycles. The molecule has 8 nitrogen and oxygen atoms in total. The van der Waals surface area contributed by atoms with Gasteiger partial charge in [0.1, 0.15) is 5.75 Å². The Morgan fingerprint density at radius 1 is 0.875 bits per heavy atom. The van der Waals surface area contributed by atoms with Crippen LogP contribution < -0.4 is 15.0 Å². The van der Waals surface area contributed by atoms with Crippen molar-refractivity contribution in [3.05, 3.63) is 84.2 Å². The molecule has 1 aliphatic rings. The molecule has 0 unspecified atom stereocenters. The zero-order chi connectivity index (χ0) is 22.2. The van der Waals surface area contributed by atoms with Crippen molar-refractivity contribution in [3.63, 3.8) is 0 Å². The number of benzene rings is 2. The number of aromatic nitrogens is 2. The van der Waals surface area contributed by atoms with Gasteiger partial charge in [0, 0.05) is 45.1 Å². The zero-order valence-electron chi connectivity index (χ0n) is 17.7. The van der Waals surface area contributed by atoms with Crippen molar-refractivity contribution in [2.24, 2.45) is 0 Å². The third-order valence-electron chi connectivity index (χ3n) is 5.25. The molecular weight excluding hydrogens is 406 g/mol. The summed E-state index contributed by atoms with van der Waals surface area (Å²) in [5, 5.41) is 2.90. The van der Waals surface area contributed by atoms with Crippen LogP contribution in [0.3, 0.4) is 0 Å². The fraction of sp³-hybridized carbons (Fsp3) is 0.250. The van der Waals surface area contributed by atoms with Crippen LogP contribution in [0.25, 0.3) is 0 Å². The molecule has 164 valence electrons. The van der Waals surface area contributed by atoms with E-state index in [1.807, 2.05) is 30.3 Å². The van der Waals surface area contributed by atoms with E-state index in [0.717, 1.165) is 5.56 Å². The summed E-state index contributed by atoms with van der Waals surface area (Å²) in [5.74, 6) is 0.709. The predicted molar refractivity (Wildman–Crippen MR) is 120 cm³/mol. The van der Waals surface area contributed by atoms with Crippen molar-refractivity contribution >= 4 is 17.8 Å². The summed E-state index contributed by atoms with van der Waals surface area (Å²) in [6, 6.07) is 18.4. The number of piperazine rings is 1. The minimum atomic E-state index is -0.242. The van der Waals surface area contributed by atoms with Gasteiger partial charge < -0.3 is 19.9 Å². The number of nitrogens with one attached hydrogen (secondary N) is 1. The molecule has 0 bridgehead atoms. The first kappa shape index (κ1) is 21.3. The summed E-state index contributed by atoms with van der Waals surface area (Å²) < 4.78 is 5.75. The number of para-hydroxylation sites is 1. The van der Waals surface area contributed by atoms with Crippen molar-refractivity contribution in [2.75, 3.05) is 37.7 Å². The molecule has 4 rings (SSSR count). The van der Waals surface area contributed by atoms with E-state index < -0.39 is 0 Å². The fourth-order valence-corrected chi connectivity index (χ4v) is 3.49. The Bertz CT molecular complexity index is 1040. The van der Waals surface area contributed by atoms with E-state index in [4.69, 9.17) is 4.74 Å². The minimum Gasteiger partial charge on any atom is -0.483 e. The lowest BCUT2D eigenvalue weighted by Crippen LogP contribution is -2.50. The van der Waals surface area contributed by atoms with Gasteiger partial charge in [0.05, 0.1) is 5.56 Å². The highest BCUT2D eigenvalue weighted by Crippen LogP contribution is 2.18. The average Bonchev–Trinajstić information content (AvgIpc) is 2.87. The number of amides is 2. The Morgan fingerprint density at radius 2 is 1.56 bits per heavy atom. The van der Waals surface area contributed by atoms with Crippen LogP contribution in [0, 0.1) is 0 Å². The number of ether oxygens (including phenoxy) is 1. The van der Waals surface area contributed by atoms with Crippen LogP contribution in [0.2, 0.25) is 0 Å². The molecule has 0 saturated carbocycles. The van der Waals surface area contributed by atoms with Crippen LogP contribution in [0.15, 0.2) is 73.1 Å². The minimum absolute atomic E-state index is 0.113. The van der Waals surface area contributed by atoms with Gasteiger partial charge >= 0.3 is 0 Å². The van der Waals surface area contributed by atoms with E-state index >= 15 is 0 Å². The first-order valence-electron chi connectivity index (χ1n) is 10.5. The Morgan fingerprint density at radius 3 is 2.31 bits per heavy atom. The Hall–Kier alpha value is -3.94. The molecule has 1 N–H and O–H groups in total. The maximum atomic E-state index is 12.7. The van der Waals surface area contributed by atoms with Gasteiger partial charge in [-0.1, -0.05) is 42.5 Å². The van der Waals surface area contributed by atoms with Crippen LogP contribution in [0.5, 0.6) is 5.75 Å². The molecule has 2 heterocycles. The molecule has 2 aromatic carbocycles. The van der Waals surface area contributed by atoms with Crippen LogP contribution in [-0.4, -0.2) is 59.5 Å². The van der Waals surface area contributed by atoms with Gasteiger partial charge in [-0.25, -0.2) is 9.97 Å². The first-order valence-corrected chi connectivity index (χ1v) is 10.5. The van der Waals surface area contributed by atoms with E-state index in [1.54, 1.807) is 47.6 Å². The van der Waals surface area contributed by atoms with Crippen LogP contribution in [0.4, 0.5) is 5.95 Å². The lowest BCUT2D eigenvalue weighted by Gasteiger charge is -2.34. The van der Waals surface area contributed by atoms with Gasteiger partial charge in [-0.2, -0.15) is 0 Å². The molecule has 3 aromatic rings. The molecule has 1 aromatic heterocycles. The summed E-state index contributed by atoms with van der Waals surface area (Å²) >= 11 is 0. The van der Waals surface area contributed by atoms with Gasteiger partial charge in [-0.05, 0) is 23.8 Å². The Labute approximate surface area is 186 Å². The molecular formula is C24H25N5O3. The second-order valence-electron chi connectivity index (χ2n) is 7.37. The monoisotopic (exact) mass is 431 g/mol. The fourth-order valence-electron chi connectivity index (χ4n) is 3.49. The highest BCUT2D eigenvalue weighted by molar-refractivity contribution is 5.97. The molecule has 32 heavy (non-hydrogen) atoms. The van der Waals surface area contributed by atoms with Crippen LogP contribution >= 0.6 is 0 Å². The van der Waals surface area contributed by atoms with Gasteiger partial charge in [0.15, 0.2) is 6.61 Å². The lowest BCUT2D eigenvalue weighted by molar-refractivity contribution is -0.133.